The van der Waals surface area contributed by atoms with Crippen molar-refractivity contribution in [2.24, 2.45) is 0 Å². The molecule has 0 fully saturated rings. The molecule has 0 aliphatic carbocycles. The predicted molar refractivity (Wildman–Crippen MR) is 97.2 cm³/mol. The lowest BCUT2D eigenvalue weighted by Crippen LogP contribution is -2.43. The SMILES string of the molecule is COC(C)n1c(=O)c2c(ncn2Cc2ccccc2)n(C(C)OC)c1=O. The molecule has 0 bridgehead atoms. The van der Waals surface area contributed by atoms with Crippen LogP contribution < -0.4 is 11.2 Å². The molecule has 0 aliphatic heterocycles. The number of ether oxygens (including phenoxy) is 2. The number of nitrogens with zero attached hydrogens (tertiary/aromatic N) is 4. The van der Waals surface area contributed by atoms with Crippen LogP contribution in [-0.4, -0.2) is 32.9 Å². The fourth-order valence-electron chi connectivity index (χ4n) is 2.93. The van der Waals surface area contributed by atoms with E-state index < -0.39 is 23.7 Å². The molecule has 1 aromatic carbocycles. The van der Waals surface area contributed by atoms with Gasteiger partial charge in [-0.15, -0.1) is 0 Å². The molecule has 0 spiro atoms. The van der Waals surface area contributed by atoms with E-state index in [1.807, 2.05) is 30.3 Å². The molecule has 138 valence electrons. The van der Waals surface area contributed by atoms with Gasteiger partial charge in [0, 0.05) is 20.8 Å². The third-order valence-corrected chi connectivity index (χ3v) is 4.49. The minimum atomic E-state index is -0.713. The Labute approximate surface area is 150 Å². The summed E-state index contributed by atoms with van der Waals surface area (Å²) < 4.78 is 14.7. The summed E-state index contributed by atoms with van der Waals surface area (Å²) in [5, 5.41) is 0. The average molecular weight is 358 g/mol. The van der Waals surface area contributed by atoms with E-state index in [2.05, 4.69) is 4.98 Å². The van der Waals surface area contributed by atoms with Crippen LogP contribution in [0.15, 0.2) is 46.2 Å². The zero-order valence-electron chi connectivity index (χ0n) is 15.2. The van der Waals surface area contributed by atoms with Crippen LogP contribution in [0.1, 0.15) is 31.9 Å². The summed E-state index contributed by atoms with van der Waals surface area (Å²) in [5.74, 6) is 0. The molecule has 8 heteroatoms. The topological polar surface area (TPSA) is 80.3 Å². The Morgan fingerprint density at radius 1 is 1.00 bits per heavy atom. The summed E-state index contributed by atoms with van der Waals surface area (Å²) in [7, 11) is 2.95. The quantitative estimate of drug-likeness (QED) is 0.670. The van der Waals surface area contributed by atoms with Crippen molar-refractivity contribution in [1.82, 2.24) is 18.7 Å². The highest BCUT2D eigenvalue weighted by Gasteiger charge is 2.23. The molecular weight excluding hydrogens is 336 g/mol. The second kappa shape index (κ2) is 7.27. The molecular formula is C18H22N4O4. The van der Waals surface area contributed by atoms with Crippen molar-refractivity contribution >= 4 is 11.2 Å². The first-order valence-electron chi connectivity index (χ1n) is 8.31. The zero-order chi connectivity index (χ0) is 18.8. The van der Waals surface area contributed by atoms with Gasteiger partial charge in [0.05, 0.1) is 6.33 Å². The van der Waals surface area contributed by atoms with E-state index in [9.17, 15) is 9.59 Å². The maximum absolute atomic E-state index is 13.1. The summed E-state index contributed by atoms with van der Waals surface area (Å²) in [6, 6.07) is 9.73. The van der Waals surface area contributed by atoms with Crippen LogP contribution in [0.4, 0.5) is 0 Å². The minimum Gasteiger partial charge on any atom is -0.361 e. The van der Waals surface area contributed by atoms with E-state index >= 15 is 0 Å². The molecule has 0 aliphatic rings. The molecule has 2 atom stereocenters. The van der Waals surface area contributed by atoms with E-state index in [1.165, 1.54) is 18.8 Å². The molecule has 8 nitrogen and oxygen atoms in total. The van der Waals surface area contributed by atoms with Crippen LogP contribution in [0.25, 0.3) is 11.2 Å². The monoisotopic (exact) mass is 358 g/mol. The third-order valence-electron chi connectivity index (χ3n) is 4.49. The number of imidazole rings is 1. The fraction of sp³-hybridized carbons (Fsp3) is 0.389. The van der Waals surface area contributed by atoms with Gasteiger partial charge in [0.2, 0.25) is 0 Å². The van der Waals surface area contributed by atoms with Crippen molar-refractivity contribution in [3.8, 4) is 0 Å². The molecule has 0 radical (unpaired) electrons. The highest BCUT2D eigenvalue weighted by Crippen LogP contribution is 2.15. The van der Waals surface area contributed by atoms with Crippen LogP contribution in [-0.2, 0) is 16.0 Å². The molecule has 3 rings (SSSR count). The molecule has 2 heterocycles. The van der Waals surface area contributed by atoms with Gasteiger partial charge in [-0.05, 0) is 19.4 Å². The summed E-state index contributed by atoms with van der Waals surface area (Å²) in [6.45, 7) is 3.84. The zero-order valence-corrected chi connectivity index (χ0v) is 15.2. The number of rotatable bonds is 6. The third kappa shape index (κ3) is 2.97. The minimum absolute atomic E-state index is 0.296. The van der Waals surface area contributed by atoms with Crippen LogP contribution >= 0.6 is 0 Å². The standard InChI is InChI=1S/C18H22N4O4/c1-12(25-3)21-16-15(17(23)22(18(21)24)13(2)26-4)20(11-19-16)10-14-8-6-5-7-9-14/h5-9,11-13H,10H2,1-4H3. The van der Waals surface area contributed by atoms with Gasteiger partial charge >= 0.3 is 5.69 Å². The lowest BCUT2D eigenvalue weighted by Gasteiger charge is -2.19. The first-order chi connectivity index (χ1) is 12.5. The highest BCUT2D eigenvalue weighted by molar-refractivity contribution is 5.70. The number of methoxy groups -OCH3 is 2. The van der Waals surface area contributed by atoms with Gasteiger partial charge in [-0.1, -0.05) is 30.3 Å². The van der Waals surface area contributed by atoms with Crippen LogP contribution in [0.2, 0.25) is 0 Å². The van der Waals surface area contributed by atoms with Crippen molar-refractivity contribution in [1.29, 1.82) is 0 Å². The molecule has 0 amide bonds. The Morgan fingerprint density at radius 2 is 1.62 bits per heavy atom. The number of aromatic nitrogens is 4. The Morgan fingerprint density at radius 3 is 2.23 bits per heavy atom. The molecule has 2 aromatic heterocycles. The Balaban J connectivity index is 2.31. The van der Waals surface area contributed by atoms with E-state index in [-0.39, 0.29) is 0 Å². The number of benzene rings is 1. The first-order valence-corrected chi connectivity index (χ1v) is 8.31. The lowest BCUT2D eigenvalue weighted by atomic mass is 10.2. The van der Waals surface area contributed by atoms with Crippen LogP contribution in [0, 0.1) is 0 Å². The second-order valence-electron chi connectivity index (χ2n) is 6.03. The highest BCUT2D eigenvalue weighted by atomic mass is 16.5. The van der Waals surface area contributed by atoms with Crippen molar-refractivity contribution < 1.29 is 9.47 Å². The van der Waals surface area contributed by atoms with E-state index in [1.54, 1.807) is 24.7 Å². The van der Waals surface area contributed by atoms with Crippen LogP contribution in [0.3, 0.4) is 0 Å². The first kappa shape index (κ1) is 18.1. The van der Waals surface area contributed by atoms with Gasteiger partial charge in [0.15, 0.2) is 11.2 Å². The van der Waals surface area contributed by atoms with Crippen molar-refractivity contribution in [3.63, 3.8) is 0 Å². The largest absolute Gasteiger partial charge is 0.361 e. The second-order valence-corrected chi connectivity index (χ2v) is 6.03. The van der Waals surface area contributed by atoms with Gasteiger partial charge in [0.25, 0.3) is 5.56 Å². The maximum atomic E-state index is 13.1. The number of hydrogen-bond acceptors (Lipinski definition) is 5. The summed E-state index contributed by atoms with van der Waals surface area (Å²) >= 11 is 0. The van der Waals surface area contributed by atoms with Gasteiger partial charge in [-0.2, -0.15) is 0 Å². The number of hydrogen-bond donors (Lipinski definition) is 0. The summed E-state index contributed by atoms with van der Waals surface area (Å²) in [5.41, 5.74) is 0.699. The van der Waals surface area contributed by atoms with Gasteiger partial charge in [0.1, 0.15) is 12.5 Å². The van der Waals surface area contributed by atoms with Crippen molar-refractivity contribution in [2.75, 3.05) is 14.2 Å². The van der Waals surface area contributed by atoms with E-state index in [0.717, 1.165) is 10.1 Å². The Bertz CT molecular complexity index is 1020. The molecule has 0 saturated heterocycles. The predicted octanol–water partition coefficient (Wildman–Crippen LogP) is 1.74. The van der Waals surface area contributed by atoms with E-state index in [4.69, 9.17) is 9.47 Å². The molecule has 2 unspecified atom stereocenters. The maximum Gasteiger partial charge on any atom is 0.337 e. The molecule has 0 N–H and O–H groups in total. The van der Waals surface area contributed by atoms with E-state index in [0.29, 0.717) is 17.7 Å². The summed E-state index contributed by atoms with van der Waals surface area (Å²) in [6.07, 6.45) is 0.273. The number of fused-ring (bicyclic) bond motifs is 1. The molecule has 0 saturated carbocycles. The van der Waals surface area contributed by atoms with Crippen LogP contribution in [0.5, 0.6) is 0 Å². The van der Waals surface area contributed by atoms with Gasteiger partial charge in [-0.25, -0.2) is 18.9 Å². The fourth-order valence-corrected chi connectivity index (χ4v) is 2.93. The Kier molecular flexibility index (Phi) is 5.06. The smallest absolute Gasteiger partial charge is 0.337 e. The summed E-state index contributed by atoms with van der Waals surface area (Å²) in [4.78, 5) is 30.3. The Hall–Kier alpha value is -2.71. The van der Waals surface area contributed by atoms with Crippen molar-refractivity contribution in [2.45, 2.75) is 32.8 Å². The average Bonchev–Trinajstić information content (AvgIpc) is 3.05. The molecule has 3 aromatic rings. The lowest BCUT2D eigenvalue weighted by molar-refractivity contribution is 0.0374. The normalized spacial score (nSPS) is 13.8. The van der Waals surface area contributed by atoms with Crippen molar-refractivity contribution in [3.05, 3.63) is 63.1 Å². The van der Waals surface area contributed by atoms with Gasteiger partial charge < -0.3 is 14.0 Å². The molecule has 26 heavy (non-hydrogen) atoms. The van der Waals surface area contributed by atoms with Gasteiger partial charge in [-0.3, -0.25) is 4.79 Å².